The lowest BCUT2D eigenvalue weighted by atomic mass is 9.89. The van der Waals surface area contributed by atoms with Crippen molar-refractivity contribution in [3.05, 3.63) is 29.8 Å². The van der Waals surface area contributed by atoms with Gasteiger partial charge in [-0.1, -0.05) is 0 Å². The van der Waals surface area contributed by atoms with Crippen LogP contribution in [0, 0.1) is 0 Å². The summed E-state index contributed by atoms with van der Waals surface area (Å²) >= 11 is 0. The van der Waals surface area contributed by atoms with E-state index < -0.39 is 5.91 Å². The Hall–Kier alpha value is -1.55. The van der Waals surface area contributed by atoms with Crippen molar-refractivity contribution in [2.75, 3.05) is 12.4 Å². The zero-order valence-corrected chi connectivity index (χ0v) is 9.27. The van der Waals surface area contributed by atoms with Crippen LogP contribution in [0.25, 0.3) is 0 Å². The maximum atomic E-state index is 10.9. The van der Waals surface area contributed by atoms with Crippen molar-refractivity contribution in [1.29, 1.82) is 0 Å². The van der Waals surface area contributed by atoms with Crippen molar-refractivity contribution in [1.82, 2.24) is 0 Å². The van der Waals surface area contributed by atoms with Crippen LogP contribution in [0.4, 0.5) is 5.69 Å². The maximum Gasteiger partial charge on any atom is 0.248 e. The van der Waals surface area contributed by atoms with Crippen LogP contribution in [0.5, 0.6) is 0 Å². The molecular weight excluding hydrogens is 204 g/mol. The molecule has 1 aromatic carbocycles. The first kappa shape index (κ1) is 11.0. The first-order valence-corrected chi connectivity index (χ1v) is 5.38. The molecule has 1 saturated carbocycles. The third-order valence-corrected chi connectivity index (χ3v) is 2.97. The molecule has 0 aliphatic heterocycles. The van der Waals surface area contributed by atoms with E-state index in [4.69, 9.17) is 10.5 Å². The molecule has 2 rings (SSSR count). The summed E-state index contributed by atoms with van der Waals surface area (Å²) in [6, 6.07) is 7.69. The molecule has 1 fully saturated rings. The van der Waals surface area contributed by atoms with Crippen LogP contribution in [-0.4, -0.2) is 25.2 Å². The molecule has 4 heteroatoms. The Morgan fingerprint density at radius 1 is 1.38 bits per heavy atom. The Morgan fingerprint density at radius 2 is 2.00 bits per heavy atom. The third kappa shape index (κ3) is 2.33. The molecule has 0 spiro atoms. The van der Waals surface area contributed by atoms with Crippen LogP contribution in [0.3, 0.4) is 0 Å². The fraction of sp³-hybridized carbons (Fsp3) is 0.417. The van der Waals surface area contributed by atoms with E-state index >= 15 is 0 Å². The molecule has 86 valence electrons. The summed E-state index contributed by atoms with van der Waals surface area (Å²) in [5, 5.41) is 3.38. The van der Waals surface area contributed by atoms with Gasteiger partial charge < -0.3 is 15.8 Å². The first-order valence-electron chi connectivity index (χ1n) is 5.38. The van der Waals surface area contributed by atoms with E-state index in [1.807, 2.05) is 12.1 Å². The fourth-order valence-electron chi connectivity index (χ4n) is 1.84. The van der Waals surface area contributed by atoms with Crippen molar-refractivity contribution in [2.24, 2.45) is 5.73 Å². The van der Waals surface area contributed by atoms with Crippen molar-refractivity contribution >= 4 is 11.6 Å². The number of amides is 1. The van der Waals surface area contributed by atoms with Gasteiger partial charge in [-0.2, -0.15) is 0 Å². The number of carbonyl (C=O) groups excluding carboxylic acids is 1. The van der Waals surface area contributed by atoms with E-state index in [2.05, 4.69) is 5.32 Å². The Labute approximate surface area is 94.8 Å². The SMILES string of the molecule is COC1CC(Nc2ccc(C(N)=O)cc2)C1. The van der Waals surface area contributed by atoms with E-state index in [1.54, 1.807) is 19.2 Å². The van der Waals surface area contributed by atoms with Crippen LogP contribution in [0.1, 0.15) is 23.2 Å². The quantitative estimate of drug-likeness (QED) is 0.805. The molecule has 1 aliphatic rings. The lowest BCUT2D eigenvalue weighted by molar-refractivity contribution is 0.0329. The van der Waals surface area contributed by atoms with Crippen molar-refractivity contribution < 1.29 is 9.53 Å². The predicted molar refractivity (Wildman–Crippen MR) is 62.4 cm³/mol. The van der Waals surface area contributed by atoms with Gasteiger partial charge in [0, 0.05) is 24.4 Å². The number of primary amides is 1. The summed E-state index contributed by atoms with van der Waals surface area (Å²) in [5.41, 5.74) is 6.72. The molecule has 0 atom stereocenters. The average Bonchev–Trinajstić information content (AvgIpc) is 2.23. The minimum absolute atomic E-state index is 0.391. The molecule has 3 N–H and O–H groups in total. The topological polar surface area (TPSA) is 64.3 Å². The predicted octanol–water partition coefficient (Wildman–Crippen LogP) is 1.37. The number of anilines is 1. The van der Waals surface area contributed by atoms with Crippen LogP contribution >= 0.6 is 0 Å². The van der Waals surface area contributed by atoms with Gasteiger partial charge in [0.2, 0.25) is 5.91 Å². The highest BCUT2D eigenvalue weighted by Crippen LogP contribution is 2.26. The van der Waals surface area contributed by atoms with E-state index in [1.165, 1.54) is 0 Å². The molecule has 1 aliphatic carbocycles. The number of nitrogens with one attached hydrogen (secondary N) is 1. The summed E-state index contributed by atoms with van der Waals surface area (Å²) in [7, 11) is 1.74. The van der Waals surface area contributed by atoms with Gasteiger partial charge >= 0.3 is 0 Å². The van der Waals surface area contributed by atoms with E-state index in [0.717, 1.165) is 18.5 Å². The van der Waals surface area contributed by atoms with Gasteiger partial charge in [-0.05, 0) is 37.1 Å². The van der Waals surface area contributed by atoms with Crippen molar-refractivity contribution in [3.8, 4) is 0 Å². The summed E-state index contributed by atoms with van der Waals surface area (Å²) in [6.07, 6.45) is 2.46. The molecule has 0 heterocycles. The molecule has 0 bridgehead atoms. The largest absolute Gasteiger partial charge is 0.382 e. The van der Waals surface area contributed by atoms with Gasteiger partial charge in [-0.3, -0.25) is 4.79 Å². The second-order valence-electron chi connectivity index (χ2n) is 4.11. The Balaban J connectivity index is 1.89. The number of ether oxygens (including phenoxy) is 1. The minimum atomic E-state index is -0.394. The molecule has 16 heavy (non-hydrogen) atoms. The first-order chi connectivity index (χ1) is 7.69. The molecule has 0 aromatic heterocycles. The van der Waals surface area contributed by atoms with Crippen molar-refractivity contribution in [2.45, 2.75) is 25.0 Å². The van der Waals surface area contributed by atoms with E-state index in [-0.39, 0.29) is 0 Å². The summed E-state index contributed by atoms with van der Waals surface area (Å²) in [4.78, 5) is 10.9. The third-order valence-electron chi connectivity index (χ3n) is 2.97. The molecule has 1 aromatic rings. The molecule has 0 unspecified atom stereocenters. The average molecular weight is 220 g/mol. The molecule has 4 nitrogen and oxygen atoms in total. The molecule has 1 amide bonds. The van der Waals surface area contributed by atoms with Crippen LogP contribution < -0.4 is 11.1 Å². The monoisotopic (exact) mass is 220 g/mol. The van der Waals surface area contributed by atoms with E-state index in [0.29, 0.717) is 17.7 Å². The number of hydrogen-bond acceptors (Lipinski definition) is 3. The number of rotatable bonds is 4. The molecular formula is C12H16N2O2. The second kappa shape index (κ2) is 4.53. The summed E-state index contributed by atoms with van der Waals surface area (Å²) in [5.74, 6) is -0.394. The summed E-state index contributed by atoms with van der Waals surface area (Å²) in [6.45, 7) is 0. The van der Waals surface area contributed by atoms with Gasteiger partial charge in [0.1, 0.15) is 0 Å². The van der Waals surface area contributed by atoms with Gasteiger partial charge in [0.15, 0.2) is 0 Å². The minimum Gasteiger partial charge on any atom is -0.382 e. The summed E-state index contributed by atoms with van der Waals surface area (Å²) < 4.78 is 5.20. The maximum absolute atomic E-state index is 10.9. The van der Waals surface area contributed by atoms with Gasteiger partial charge in [-0.15, -0.1) is 0 Å². The Morgan fingerprint density at radius 3 is 2.50 bits per heavy atom. The van der Waals surface area contributed by atoms with Crippen molar-refractivity contribution in [3.63, 3.8) is 0 Å². The number of benzene rings is 1. The van der Waals surface area contributed by atoms with Gasteiger partial charge in [-0.25, -0.2) is 0 Å². The number of carbonyl (C=O) groups is 1. The second-order valence-corrected chi connectivity index (χ2v) is 4.11. The zero-order valence-electron chi connectivity index (χ0n) is 9.27. The number of methoxy groups -OCH3 is 1. The fourth-order valence-corrected chi connectivity index (χ4v) is 1.84. The van der Waals surface area contributed by atoms with Crippen LogP contribution in [0.2, 0.25) is 0 Å². The van der Waals surface area contributed by atoms with Gasteiger partial charge in [0.05, 0.1) is 6.10 Å². The highest BCUT2D eigenvalue weighted by atomic mass is 16.5. The standard InChI is InChI=1S/C12H16N2O2/c1-16-11-6-10(7-11)14-9-4-2-8(3-5-9)12(13)15/h2-5,10-11,14H,6-7H2,1H3,(H2,13,15). The Kier molecular flexibility index (Phi) is 3.10. The van der Waals surface area contributed by atoms with Crippen LogP contribution in [0.15, 0.2) is 24.3 Å². The smallest absolute Gasteiger partial charge is 0.248 e. The normalized spacial score (nSPS) is 23.6. The zero-order chi connectivity index (χ0) is 11.5. The number of hydrogen-bond donors (Lipinski definition) is 2. The van der Waals surface area contributed by atoms with E-state index in [9.17, 15) is 4.79 Å². The van der Waals surface area contributed by atoms with Gasteiger partial charge in [0.25, 0.3) is 0 Å². The highest BCUT2D eigenvalue weighted by molar-refractivity contribution is 5.93. The lowest BCUT2D eigenvalue weighted by Gasteiger charge is -2.35. The molecule has 0 radical (unpaired) electrons. The highest BCUT2D eigenvalue weighted by Gasteiger charge is 2.28. The Bertz CT molecular complexity index is 369. The lowest BCUT2D eigenvalue weighted by Crippen LogP contribution is -2.40. The molecule has 0 saturated heterocycles. The van der Waals surface area contributed by atoms with Crippen LogP contribution in [-0.2, 0) is 4.74 Å². The number of nitrogens with two attached hydrogens (primary N) is 1.